The zero-order valence-electron chi connectivity index (χ0n) is 15.6. The van der Waals surface area contributed by atoms with Crippen LogP contribution in [0.3, 0.4) is 0 Å². The van der Waals surface area contributed by atoms with Gasteiger partial charge in [-0.15, -0.1) is 0 Å². The molecule has 2 aromatic carbocycles. The summed E-state index contributed by atoms with van der Waals surface area (Å²) in [5.41, 5.74) is 2.27. The number of carbonyl (C=O) groups is 2. The molecule has 8 heteroatoms. The number of halogens is 2. The fraction of sp³-hybridized carbons (Fsp3) is 0.200. The number of amides is 2. The summed E-state index contributed by atoms with van der Waals surface area (Å²) in [7, 11) is 2.99. The van der Waals surface area contributed by atoms with Crippen LogP contribution in [0.15, 0.2) is 40.9 Å². The van der Waals surface area contributed by atoms with Crippen LogP contribution in [0.5, 0.6) is 11.5 Å². The minimum absolute atomic E-state index is 0.147. The number of hydrogen-bond acceptors (Lipinski definition) is 4. The van der Waals surface area contributed by atoms with E-state index in [9.17, 15) is 9.59 Å². The number of anilines is 1. The highest BCUT2D eigenvalue weighted by Crippen LogP contribution is 2.36. The van der Waals surface area contributed by atoms with Crippen LogP contribution in [0.2, 0.25) is 5.02 Å². The van der Waals surface area contributed by atoms with E-state index < -0.39 is 5.91 Å². The maximum absolute atomic E-state index is 12.0. The van der Waals surface area contributed by atoms with Gasteiger partial charge in [0, 0.05) is 16.2 Å². The number of hydrogen-bond donors (Lipinski definition) is 2. The molecule has 0 unspecified atom stereocenters. The van der Waals surface area contributed by atoms with Gasteiger partial charge in [0.15, 0.2) is 11.5 Å². The normalized spacial score (nSPS) is 10.6. The van der Waals surface area contributed by atoms with Gasteiger partial charge in [-0.05, 0) is 54.5 Å². The zero-order chi connectivity index (χ0) is 20.7. The van der Waals surface area contributed by atoms with E-state index in [0.717, 1.165) is 10.0 Å². The molecule has 0 saturated carbocycles. The van der Waals surface area contributed by atoms with Gasteiger partial charge in [-0.2, -0.15) is 0 Å². The average molecular weight is 468 g/mol. The number of ether oxygens (including phenoxy) is 2. The van der Waals surface area contributed by atoms with Crippen molar-refractivity contribution in [2.75, 3.05) is 26.1 Å². The molecule has 6 nitrogen and oxygen atoms in total. The molecule has 0 fully saturated rings. The molecule has 148 valence electrons. The predicted molar refractivity (Wildman–Crippen MR) is 114 cm³/mol. The lowest BCUT2D eigenvalue weighted by Crippen LogP contribution is -2.31. The summed E-state index contributed by atoms with van der Waals surface area (Å²) in [6.45, 7) is 1.74. The van der Waals surface area contributed by atoms with Crippen LogP contribution in [0.4, 0.5) is 5.69 Å². The summed E-state index contributed by atoms with van der Waals surface area (Å²) in [6, 6.07) is 8.86. The van der Waals surface area contributed by atoms with Crippen LogP contribution < -0.4 is 20.1 Å². The smallest absolute Gasteiger partial charge is 0.244 e. The molecule has 0 aromatic heterocycles. The molecule has 0 aliphatic rings. The van der Waals surface area contributed by atoms with Crippen molar-refractivity contribution in [1.29, 1.82) is 0 Å². The van der Waals surface area contributed by atoms with Gasteiger partial charge in [-0.1, -0.05) is 27.5 Å². The predicted octanol–water partition coefficient (Wildman–Crippen LogP) is 4.20. The molecule has 2 amide bonds. The Hall–Kier alpha value is -2.51. The van der Waals surface area contributed by atoms with E-state index in [4.69, 9.17) is 21.1 Å². The average Bonchev–Trinajstić information content (AvgIpc) is 2.66. The van der Waals surface area contributed by atoms with Crippen molar-refractivity contribution in [1.82, 2.24) is 5.32 Å². The van der Waals surface area contributed by atoms with Gasteiger partial charge >= 0.3 is 0 Å². The quantitative estimate of drug-likeness (QED) is 0.599. The van der Waals surface area contributed by atoms with Gasteiger partial charge in [-0.3, -0.25) is 9.59 Å². The first-order chi connectivity index (χ1) is 13.3. The van der Waals surface area contributed by atoms with Gasteiger partial charge in [0.2, 0.25) is 11.8 Å². The highest BCUT2D eigenvalue weighted by molar-refractivity contribution is 9.10. The van der Waals surface area contributed by atoms with Gasteiger partial charge in [0.25, 0.3) is 0 Å². The van der Waals surface area contributed by atoms with Gasteiger partial charge in [0.1, 0.15) is 0 Å². The maximum atomic E-state index is 12.0. The first-order valence-corrected chi connectivity index (χ1v) is 9.44. The van der Waals surface area contributed by atoms with Crippen LogP contribution in [0.25, 0.3) is 6.08 Å². The van der Waals surface area contributed by atoms with Crippen LogP contribution >= 0.6 is 27.5 Å². The van der Waals surface area contributed by atoms with E-state index in [-0.39, 0.29) is 12.5 Å². The number of benzene rings is 2. The fourth-order valence-corrected chi connectivity index (χ4v) is 3.17. The van der Waals surface area contributed by atoms with E-state index in [1.54, 1.807) is 24.3 Å². The SMILES string of the molecule is COc1cc(/C=C/C(=O)NCC(=O)Nc2ccc(Br)cc2C)cc(Cl)c1OC. The van der Waals surface area contributed by atoms with E-state index >= 15 is 0 Å². The van der Waals surface area contributed by atoms with E-state index in [1.165, 1.54) is 20.3 Å². The summed E-state index contributed by atoms with van der Waals surface area (Å²) in [5, 5.41) is 5.66. The second kappa shape index (κ2) is 10.1. The Morgan fingerprint density at radius 1 is 1.18 bits per heavy atom. The Morgan fingerprint density at radius 2 is 1.93 bits per heavy atom. The van der Waals surface area contributed by atoms with Crippen LogP contribution in [0.1, 0.15) is 11.1 Å². The molecule has 0 atom stereocenters. The maximum Gasteiger partial charge on any atom is 0.244 e. The topological polar surface area (TPSA) is 76.7 Å². The molecule has 0 heterocycles. The highest BCUT2D eigenvalue weighted by Gasteiger charge is 2.10. The monoisotopic (exact) mass is 466 g/mol. The molecular weight excluding hydrogens is 448 g/mol. The Labute approximate surface area is 177 Å². The number of nitrogens with one attached hydrogen (secondary N) is 2. The second-order valence-electron chi connectivity index (χ2n) is 5.80. The third-order valence-corrected chi connectivity index (χ3v) is 4.54. The molecule has 0 saturated heterocycles. The largest absolute Gasteiger partial charge is 0.493 e. The third kappa shape index (κ3) is 6.00. The van der Waals surface area contributed by atoms with Crippen molar-refractivity contribution >= 4 is 51.1 Å². The van der Waals surface area contributed by atoms with Crippen molar-refractivity contribution in [3.05, 3.63) is 57.0 Å². The first-order valence-electron chi connectivity index (χ1n) is 8.27. The van der Waals surface area contributed by atoms with Gasteiger partial charge in [-0.25, -0.2) is 0 Å². The summed E-state index contributed by atoms with van der Waals surface area (Å²) in [6.07, 6.45) is 2.88. The van der Waals surface area contributed by atoms with Crippen molar-refractivity contribution in [3.8, 4) is 11.5 Å². The van der Waals surface area contributed by atoms with E-state index in [0.29, 0.717) is 27.8 Å². The van der Waals surface area contributed by atoms with Gasteiger partial charge in [0.05, 0.1) is 25.8 Å². The molecule has 0 bridgehead atoms. The first kappa shape index (κ1) is 21.8. The van der Waals surface area contributed by atoms with E-state index in [1.807, 2.05) is 19.1 Å². The van der Waals surface area contributed by atoms with Gasteiger partial charge < -0.3 is 20.1 Å². The summed E-state index contributed by atoms with van der Waals surface area (Å²) < 4.78 is 11.3. The summed E-state index contributed by atoms with van der Waals surface area (Å²) in [4.78, 5) is 24.0. The molecule has 0 radical (unpaired) electrons. The molecule has 0 aliphatic heterocycles. The fourth-order valence-electron chi connectivity index (χ4n) is 2.39. The molecule has 0 aliphatic carbocycles. The Bertz CT molecular complexity index is 915. The Kier molecular flexibility index (Phi) is 7.90. The van der Waals surface area contributed by atoms with Crippen LogP contribution in [0, 0.1) is 6.92 Å². The van der Waals surface area contributed by atoms with Crippen LogP contribution in [-0.4, -0.2) is 32.6 Å². The lowest BCUT2D eigenvalue weighted by Gasteiger charge is -2.10. The number of aryl methyl sites for hydroxylation is 1. The highest BCUT2D eigenvalue weighted by atomic mass is 79.9. The molecule has 2 N–H and O–H groups in total. The minimum atomic E-state index is -0.409. The van der Waals surface area contributed by atoms with Crippen molar-refractivity contribution in [2.24, 2.45) is 0 Å². The minimum Gasteiger partial charge on any atom is -0.493 e. The third-order valence-electron chi connectivity index (χ3n) is 3.77. The zero-order valence-corrected chi connectivity index (χ0v) is 18.0. The Balaban J connectivity index is 1.93. The van der Waals surface area contributed by atoms with Crippen LogP contribution in [-0.2, 0) is 9.59 Å². The molecule has 2 aromatic rings. The lowest BCUT2D eigenvalue weighted by atomic mass is 10.2. The van der Waals surface area contributed by atoms with Crippen molar-refractivity contribution in [3.63, 3.8) is 0 Å². The molecule has 28 heavy (non-hydrogen) atoms. The number of carbonyl (C=O) groups excluding carboxylic acids is 2. The molecular formula is C20H20BrClN2O4. The molecule has 2 rings (SSSR count). The second-order valence-corrected chi connectivity index (χ2v) is 7.12. The number of rotatable bonds is 7. The summed E-state index contributed by atoms with van der Waals surface area (Å²) in [5.74, 6) is 0.153. The molecule has 0 spiro atoms. The lowest BCUT2D eigenvalue weighted by molar-refractivity contribution is -0.121. The van der Waals surface area contributed by atoms with Crippen molar-refractivity contribution < 1.29 is 19.1 Å². The van der Waals surface area contributed by atoms with E-state index in [2.05, 4.69) is 26.6 Å². The Morgan fingerprint density at radius 3 is 2.57 bits per heavy atom. The number of methoxy groups -OCH3 is 2. The summed E-state index contributed by atoms with van der Waals surface area (Å²) >= 11 is 9.51. The standard InChI is InChI=1S/C20H20BrClN2O4/c1-12-8-14(21)5-6-16(12)24-19(26)11-23-18(25)7-4-13-9-15(22)20(28-3)17(10-13)27-2/h4-10H,11H2,1-3H3,(H,23,25)(H,24,26)/b7-4+. The van der Waals surface area contributed by atoms with Crippen molar-refractivity contribution in [2.45, 2.75) is 6.92 Å².